The summed E-state index contributed by atoms with van der Waals surface area (Å²) in [5, 5.41) is 3.41. The van der Waals surface area contributed by atoms with Gasteiger partial charge in [0.25, 0.3) is 0 Å². The van der Waals surface area contributed by atoms with Crippen LogP contribution in [0.5, 0.6) is 5.75 Å². The number of hydrogen-bond acceptors (Lipinski definition) is 4. The Morgan fingerprint density at radius 3 is 2.73 bits per heavy atom. The minimum Gasteiger partial charge on any atom is -0.492 e. The number of benzene rings is 2. The molecule has 2 aromatic carbocycles. The van der Waals surface area contributed by atoms with Gasteiger partial charge in [0.2, 0.25) is 0 Å². The maximum Gasteiger partial charge on any atom is 0.148 e. The summed E-state index contributed by atoms with van der Waals surface area (Å²) in [7, 11) is 0. The van der Waals surface area contributed by atoms with Gasteiger partial charge in [0.15, 0.2) is 0 Å². The third-order valence-corrected chi connectivity index (χ3v) is 5.15. The van der Waals surface area contributed by atoms with Crippen LogP contribution in [0, 0.1) is 6.92 Å². The van der Waals surface area contributed by atoms with Crippen LogP contribution < -0.4 is 10.1 Å². The zero-order valence-corrected chi connectivity index (χ0v) is 14.9. The van der Waals surface area contributed by atoms with Gasteiger partial charge in [0, 0.05) is 24.1 Å². The van der Waals surface area contributed by atoms with Gasteiger partial charge in [-0.25, -0.2) is 9.97 Å². The first kappa shape index (κ1) is 15.4. The fourth-order valence-electron chi connectivity index (χ4n) is 3.75. The molecular formula is C22H21N3O. The van der Waals surface area contributed by atoms with Gasteiger partial charge in [-0.05, 0) is 31.4 Å². The van der Waals surface area contributed by atoms with E-state index < -0.39 is 0 Å². The normalized spacial score (nSPS) is 15.0. The van der Waals surface area contributed by atoms with Crippen LogP contribution >= 0.6 is 0 Å². The highest BCUT2D eigenvalue weighted by molar-refractivity contribution is 5.83. The summed E-state index contributed by atoms with van der Waals surface area (Å²) in [6, 6.07) is 14.9. The highest BCUT2D eigenvalue weighted by atomic mass is 16.5. The van der Waals surface area contributed by atoms with Crippen molar-refractivity contribution >= 4 is 5.82 Å². The van der Waals surface area contributed by atoms with E-state index in [-0.39, 0.29) is 0 Å². The summed E-state index contributed by atoms with van der Waals surface area (Å²) in [5.74, 6) is 1.89. The van der Waals surface area contributed by atoms with Gasteiger partial charge < -0.3 is 10.1 Å². The van der Waals surface area contributed by atoms with Crippen molar-refractivity contribution in [3.8, 4) is 28.3 Å². The third-order valence-electron chi connectivity index (χ3n) is 5.15. The molecule has 1 N–H and O–H groups in total. The first-order chi connectivity index (χ1) is 12.8. The number of nitrogens with one attached hydrogen (secondary N) is 1. The quantitative estimate of drug-likeness (QED) is 0.748. The number of aryl methyl sites for hydroxylation is 2. The van der Waals surface area contributed by atoms with Crippen LogP contribution in [0.1, 0.15) is 23.2 Å². The van der Waals surface area contributed by atoms with E-state index in [1.54, 1.807) is 0 Å². The molecule has 0 unspecified atom stereocenters. The fourth-order valence-corrected chi connectivity index (χ4v) is 3.75. The van der Waals surface area contributed by atoms with Crippen molar-refractivity contribution in [2.45, 2.75) is 26.2 Å². The molecule has 0 saturated carbocycles. The van der Waals surface area contributed by atoms with Gasteiger partial charge in [-0.2, -0.15) is 0 Å². The minimum atomic E-state index is 0.742. The summed E-state index contributed by atoms with van der Waals surface area (Å²) in [6.07, 6.45) is 3.02. The summed E-state index contributed by atoms with van der Waals surface area (Å²) >= 11 is 0. The van der Waals surface area contributed by atoms with E-state index in [2.05, 4.69) is 54.7 Å². The number of hydrogen-bond donors (Lipinski definition) is 1. The van der Waals surface area contributed by atoms with Crippen LogP contribution in [-0.2, 0) is 12.8 Å². The second-order valence-corrected chi connectivity index (χ2v) is 7.00. The Hall–Kier alpha value is -2.88. The van der Waals surface area contributed by atoms with E-state index in [9.17, 15) is 0 Å². The molecule has 0 fully saturated rings. The largest absolute Gasteiger partial charge is 0.492 e. The monoisotopic (exact) mass is 343 g/mol. The van der Waals surface area contributed by atoms with Gasteiger partial charge in [-0.1, -0.05) is 42.0 Å². The van der Waals surface area contributed by atoms with Gasteiger partial charge >= 0.3 is 0 Å². The molecule has 0 atom stereocenters. The van der Waals surface area contributed by atoms with Gasteiger partial charge in [0.05, 0.1) is 18.0 Å². The zero-order valence-electron chi connectivity index (χ0n) is 14.9. The molecule has 0 spiro atoms. The van der Waals surface area contributed by atoms with Gasteiger partial charge in [-0.3, -0.25) is 0 Å². The molecule has 0 amide bonds. The Labute approximate surface area is 153 Å². The lowest BCUT2D eigenvalue weighted by Crippen LogP contribution is -2.16. The first-order valence-corrected chi connectivity index (χ1v) is 9.26. The standard InChI is InChI=1S/C22H21N3O/c1-14-7-9-15(10-8-14)19-20(24-18-6-3-12-23-22(18)25-19)17-5-2-4-16-11-13-26-21(16)17/h2,4-5,7-10H,3,6,11-13H2,1H3,(H,23,25). The second kappa shape index (κ2) is 6.13. The number of nitrogens with zero attached hydrogens (tertiary/aromatic N) is 2. The van der Waals surface area contributed by atoms with E-state index in [0.717, 1.165) is 72.2 Å². The topological polar surface area (TPSA) is 47.0 Å². The number of ether oxygens (including phenoxy) is 1. The van der Waals surface area contributed by atoms with Gasteiger partial charge in [0.1, 0.15) is 17.3 Å². The molecule has 0 saturated heterocycles. The maximum absolute atomic E-state index is 5.95. The molecule has 5 rings (SSSR count). The predicted octanol–water partition coefficient (Wildman–Crippen LogP) is 4.41. The lowest BCUT2D eigenvalue weighted by Gasteiger charge is -2.20. The Bertz CT molecular complexity index is 979. The van der Waals surface area contributed by atoms with Crippen LogP contribution in [0.25, 0.3) is 22.5 Å². The average Bonchev–Trinajstić information content (AvgIpc) is 3.16. The average molecular weight is 343 g/mol. The van der Waals surface area contributed by atoms with E-state index in [0.29, 0.717) is 0 Å². The molecule has 130 valence electrons. The highest BCUT2D eigenvalue weighted by Crippen LogP contribution is 2.40. The van der Waals surface area contributed by atoms with Crippen molar-refractivity contribution in [1.29, 1.82) is 0 Å². The Morgan fingerprint density at radius 1 is 0.962 bits per heavy atom. The SMILES string of the molecule is Cc1ccc(-c2nc3c(nc2-c2cccc4c2OCC4)CCCN3)cc1. The molecule has 4 nitrogen and oxygen atoms in total. The highest BCUT2D eigenvalue weighted by Gasteiger charge is 2.24. The summed E-state index contributed by atoms with van der Waals surface area (Å²) in [6.45, 7) is 3.80. The molecular weight excluding hydrogens is 322 g/mol. The molecule has 2 aliphatic rings. The predicted molar refractivity (Wildman–Crippen MR) is 104 cm³/mol. The van der Waals surface area contributed by atoms with Crippen molar-refractivity contribution in [1.82, 2.24) is 9.97 Å². The lowest BCUT2D eigenvalue weighted by molar-refractivity contribution is 0.358. The third kappa shape index (κ3) is 2.53. The molecule has 3 heterocycles. The number of fused-ring (bicyclic) bond motifs is 2. The van der Waals surface area contributed by atoms with Crippen LogP contribution in [-0.4, -0.2) is 23.1 Å². The number of aromatic nitrogens is 2. The second-order valence-electron chi connectivity index (χ2n) is 7.00. The van der Waals surface area contributed by atoms with Crippen molar-refractivity contribution < 1.29 is 4.74 Å². The Morgan fingerprint density at radius 2 is 1.85 bits per heavy atom. The maximum atomic E-state index is 5.95. The van der Waals surface area contributed by atoms with Crippen molar-refractivity contribution in [3.63, 3.8) is 0 Å². The number of para-hydroxylation sites is 1. The zero-order chi connectivity index (χ0) is 17.5. The molecule has 0 aliphatic carbocycles. The van der Waals surface area contributed by atoms with E-state index in [1.807, 2.05) is 0 Å². The smallest absolute Gasteiger partial charge is 0.148 e. The number of rotatable bonds is 2. The van der Waals surface area contributed by atoms with Crippen LogP contribution in [0.2, 0.25) is 0 Å². The van der Waals surface area contributed by atoms with Crippen LogP contribution in [0.4, 0.5) is 5.82 Å². The molecule has 4 heteroatoms. The van der Waals surface area contributed by atoms with E-state index >= 15 is 0 Å². The minimum absolute atomic E-state index is 0.742. The first-order valence-electron chi connectivity index (χ1n) is 9.26. The summed E-state index contributed by atoms with van der Waals surface area (Å²) in [5.41, 5.74) is 7.54. The number of anilines is 1. The van der Waals surface area contributed by atoms with Gasteiger partial charge in [-0.15, -0.1) is 0 Å². The Kier molecular flexibility index (Phi) is 3.63. The fraction of sp³-hybridized carbons (Fsp3) is 0.273. The van der Waals surface area contributed by atoms with Crippen molar-refractivity contribution in [2.75, 3.05) is 18.5 Å². The molecule has 0 radical (unpaired) electrons. The van der Waals surface area contributed by atoms with Crippen LogP contribution in [0.3, 0.4) is 0 Å². The van der Waals surface area contributed by atoms with Crippen LogP contribution in [0.15, 0.2) is 42.5 Å². The summed E-state index contributed by atoms with van der Waals surface area (Å²) < 4.78 is 5.95. The molecule has 0 bridgehead atoms. The van der Waals surface area contributed by atoms with Crippen molar-refractivity contribution in [3.05, 3.63) is 59.3 Å². The van der Waals surface area contributed by atoms with E-state index in [1.165, 1.54) is 11.1 Å². The van der Waals surface area contributed by atoms with E-state index in [4.69, 9.17) is 14.7 Å². The van der Waals surface area contributed by atoms with Crippen molar-refractivity contribution in [2.24, 2.45) is 0 Å². The molecule has 26 heavy (non-hydrogen) atoms. The summed E-state index contributed by atoms with van der Waals surface area (Å²) in [4.78, 5) is 10.0. The molecule has 3 aromatic rings. The lowest BCUT2D eigenvalue weighted by atomic mass is 9.99. The molecule has 2 aliphatic heterocycles. The Balaban J connectivity index is 1.75. The molecule has 1 aromatic heterocycles.